The minimum absolute atomic E-state index is 0.0897. The van der Waals surface area contributed by atoms with E-state index in [-0.39, 0.29) is 30.0 Å². The van der Waals surface area contributed by atoms with E-state index in [1.54, 1.807) is 45.4 Å². The fourth-order valence-electron chi connectivity index (χ4n) is 6.25. The van der Waals surface area contributed by atoms with Gasteiger partial charge in [0.1, 0.15) is 5.65 Å². The molecule has 0 bridgehead atoms. The van der Waals surface area contributed by atoms with Crippen molar-refractivity contribution < 1.29 is 14.3 Å². The van der Waals surface area contributed by atoms with Crippen molar-refractivity contribution in [2.24, 2.45) is 0 Å². The van der Waals surface area contributed by atoms with Crippen LogP contribution in [0.5, 0.6) is 5.88 Å². The van der Waals surface area contributed by atoms with Crippen LogP contribution in [0.25, 0.3) is 39.2 Å². The molecule has 264 valence electrons. The lowest BCUT2D eigenvalue weighted by atomic mass is 9.97. The zero-order valence-electron chi connectivity index (χ0n) is 28.8. The monoisotopic (exact) mass is 727 g/mol. The molecule has 13 heteroatoms. The van der Waals surface area contributed by atoms with E-state index in [0.717, 1.165) is 39.8 Å². The third-order valence-electron chi connectivity index (χ3n) is 9.29. The second-order valence-corrected chi connectivity index (χ2v) is 13.3. The van der Waals surface area contributed by atoms with Gasteiger partial charge in [0.2, 0.25) is 17.7 Å². The average molecular weight is 729 g/mol. The number of hydrogen-bond acceptors (Lipinski definition) is 8. The number of pyridine rings is 2. The third kappa shape index (κ3) is 7.62. The smallest absolute Gasteiger partial charge is 0.262 e. The molecule has 0 spiro atoms. The average Bonchev–Trinajstić information content (AvgIpc) is 3.56. The maximum atomic E-state index is 13.4. The Labute approximate surface area is 306 Å². The molecule has 4 heterocycles. The highest BCUT2D eigenvalue weighted by molar-refractivity contribution is 6.39. The molecule has 5 aromatic rings. The van der Waals surface area contributed by atoms with Crippen molar-refractivity contribution in [3.63, 3.8) is 0 Å². The summed E-state index contributed by atoms with van der Waals surface area (Å²) in [6, 6.07) is 18.7. The first-order valence-electron chi connectivity index (χ1n) is 16.6. The van der Waals surface area contributed by atoms with E-state index in [1.165, 1.54) is 4.40 Å². The molecule has 1 fully saturated rings. The van der Waals surface area contributed by atoms with Crippen LogP contribution in [0, 0.1) is 0 Å². The third-order valence-corrected chi connectivity index (χ3v) is 10.1. The molecule has 1 aliphatic rings. The van der Waals surface area contributed by atoms with Gasteiger partial charge in [-0.3, -0.25) is 23.7 Å². The summed E-state index contributed by atoms with van der Waals surface area (Å²) >= 11 is 14.2. The first kappa shape index (κ1) is 36.0. The van der Waals surface area contributed by atoms with Crippen LogP contribution in [0.3, 0.4) is 0 Å². The van der Waals surface area contributed by atoms with Gasteiger partial charge in [0.15, 0.2) is 0 Å². The van der Waals surface area contributed by atoms with E-state index in [9.17, 15) is 14.4 Å². The lowest BCUT2D eigenvalue weighted by Gasteiger charge is -2.22. The zero-order valence-corrected chi connectivity index (χ0v) is 30.3. The molecule has 2 amide bonds. The van der Waals surface area contributed by atoms with E-state index in [0.29, 0.717) is 52.3 Å². The molecule has 2 atom stereocenters. The fraction of sp³-hybridized carbons (Fsp3) is 0.289. The predicted molar refractivity (Wildman–Crippen MR) is 200 cm³/mol. The highest BCUT2D eigenvalue weighted by atomic mass is 35.5. The summed E-state index contributed by atoms with van der Waals surface area (Å²) in [4.78, 5) is 48.1. The number of hydrogen-bond donors (Lipinski definition) is 3. The molecule has 6 rings (SSSR count). The molecule has 0 aliphatic carbocycles. The minimum atomic E-state index is -0.409. The van der Waals surface area contributed by atoms with Crippen LogP contribution in [0.1, 0.15) is 30.9 Å². The second kappa shape index (κ2) is 15.6. The van der Waals surface area contributed by atoms with Crippen LogP contribution in [-0.4, -0.2) is 70.9 Å². The summed E-state index contributed by atoms with van der Waals surface area (Å²) < 4.78 is 7.13. The van der Waals surface area contributed by atoms with Gasteiger partial charge >= 0.3 is 0 Å². The van der Waals surface area contributed by atoms with Crippen molar-refractivity contribution in [3.05, 3.63) is 105 Å². The van der Waals surface area contributed by atoms with E-state index in [4.69, 9.17) is 32.9 Å². The lowest BCUT2D eigenvalue weighted by molar-refractivity contribution is -0.125. The van der Waals surface area contributed by atoms with Gasteiger partial charge in [0.05, 0.1) is 34.5 Å². The van der Waals surface area contributed by atoms with Gasteiger partial charge in [-0.2, -0.15) is 0 Å². The van der Waals surface area contributed by atoms with Crippen LogP contribution in [0.2, 0.25) is 10.0 Å². The highest BCUT2D eigenvalue weighted by Gasteiger charge is 2.22. The summed E-state index contributed by atoms with van der Waals surface area (Å²) in [5.74, 6) is 0.442. The Morgan fingerprint density at radius 1 is 1.04 bits per heavy atom. The van der Waals surface area contributed by atoms with Gasteiger partial charge < -0.3 is 20.7 Å². The topological polar surface area (TPSA) is 130 Å². The van der Waals surface area contributed by atoms with Gasteiger partial charge in [-0.25, -0.2) is 9.97 Å². The molecule has 51 heavy (non-hydrogen) atoms. The number of amides is 2. The number of rotatable bonds is 12. The van der Waals surface area contributed by atoms with E-state index < -0.39 is 6.04 Å². The summed E-state index contributed by atoms with van der Waals surface area (Å²) in [5.41, 5.74) is 6.01. The number of aromatic nitrogens is 3. The number of ether oxygens (including phenoxy) is 1. The van der Waals surface area contributed by atoms with Gasteiger partial charge in [-0.05, 0) is 44.2 Å². The Bertz CT molecular complexity index is 2170. The van der Waals surface area contributed by atoms with Crippen molar-refractivity contribution in [1.82, 2.24) is 35.2 Å². The zero-order chi connectivity index (χ0) is 36.2. The number of methoxy groups -OCH3 is 1. The molecule has 0 radical (unpaired) electrons. The van der Waals surface area contributed by atoms with E-state index >= 15 is 0 Å². The summed E-state index contributed by atoms with van der Waals surface area (Å²) in [5, 5.41) is 9.97. The van der Waals surface area contributed by atoms with Gasteiger partial charge in [0.25, 0.3) is 5.56 Å². The summed E-state index contributed by atoms with van der Waals surface area (Å²) in [6.07, 6.45) is 4.63. The maximum absolute atomic E-state index is 13.4. The van der Waals surface area contributed by atoms with Gasteiger partial charge in [-0.15, -0.1) is 0 Å². The highest BCUT2D eigenvalue weighted by Crippen LogP contribution is 2.42. The minimum Gasteiger partial charge on any atom is -0.481 e. The standard InChI is InChI=1S/C38H39Cl2N7O4/c1-22(36(49)41-2)46(3)21-25-19-43-32-17-23(15-16-47(32)38(25)50)27-7-5-8-28(34(27)39)29-9-6-10-30(35(29)40)31-13-11-24(37(45-31)51-4)18-42-20-26-12-14-33(48)44-26/h5-11,13,15-17,19,22,26,42H,12,14,18,20-21H2,1-4H3,(H,41,49)(H,44,48)/t22?,26-/m1/s1. The van der Waals surface area contributed by atoms with Crippen molar-refractivity contribution in [2.75, 3.05) is 27.7 Å². The van der Waals surface area contributed by atoms with E-state index in [1.807, 2.05) is 60.7 Å². The number of carbonyl (C=O) groups is 2. The molecule has 2 aromatic carbocycles. The Balaban J connectivity index is 1.25. The summed E-state index contributed by atoms with van der Waals surface area (Å²) in [6.45, 7) is 3.25. The molecular formula is C38H39Cl2N7O4. The number of benzene rings is 2. The maximum Gasteiger partial charge on any atom is 0.262 e. The number of nitrogens with zero attached hydrogens (tertiary/aromatic N) is 4. The Morgan fingerprint density at radius 3 is 2.43 bits per heavy atom. The van der Waals surface area contributed by atoms with Crippen LogP contribution < -0.4 is 26.2 Å². The first-order chi connectivity index (χ1) is 24.6. The molecular weight excluding hydrogens is 689 g/mol. The largest absolute Gasteiger partial charge is 0.481 e. The fourth-order valence-corrected chi connectivity index (χ4v) is 6.91. The Kier molecular flexibility index (Phi) is 11.0. The van der Waals surface area contributed by atoms with Crippen molar-refractivity contribution in [2.45, 2.75) is 44.9 Å². The van der Waals surface area contributed by atoms with Crippen molar-refractivity contribution in [1.29, 1.82) is 0 Å². The molecule has 1 saturated heterocycles. The molecule has 0 saturated carbocycles. The van der Waals surface area contributed by atoms with Crippen molar-refractivity contribution in [3.8, 4) is 39.4 Å². The first-order valence-corrected chi connectivity index (χ1v) is 17.4. The van der Waals surface area contributed by atoms with Crippen LogP contribution >= 0.6 is 23.2 Å². The second-order valence-electron chi connectivity index (χ2n) is 12.6. The molecule has 1 unspecified atom stereocenters. The predicted octanol–water partition coefficient (Wildman–Crippen LogP) is 5.34. The Hall–Kier alpha value is -4.81. The lowest BCUT2D eigenvalue weighted by Crippen LogP contribution is -2.42. The number of carbonyl (C=O) groups excluding carboxylic acids is 2. The SMILES string of the molecule is CNC(=O)C(C)N(C)Cc1cnc2cc(-c3cccc(-c4cccc(-c5ccc(CNC[C@H]6CCC(=O)N6)c(OC)n5)c4Cl)c3Cl)ccn2c1=O. The van der Waals surface area contributed by atoms with Crippen molar-refractivity contribution >= 4 is 40.7 Å². The summed E-state index contributed by atoms with van der Waals surface area (Å²) in [7, 11) is 4.96. The molecule has 3 aromatic heterocycles. The number of nitrogens with one attached hydrogen (secondary N) is 3. The Morgan fingerprint density at radius 2 is 1.75 bits per heavy atom. The van der Waals surface area contributed by atoms with Gasteiger partial charge in [-0.1, -0.05) is 65.7 Å². The molecule has 11 nitrogen and oxygen atoms in total. The molecule has 1 aliphatic heterocycles. The van der Waals surface area contributed by atoms with Gasteiger partial charge in [0, 0.05) is 79.4 Å². The van der Waals surface area contributed by atoms with Crippen LogP contribution in [-0.2, 0) is 22.7 Å². The van der Waals surface area contributed by atoms with Crippen LogP contribution in [0.15, 0.2) is 77.9 Å². The van der Waals surface area contributed by atoms with Crippen LogP contribution in [0.4, 0.5) is 0 Å². The quantitative estimate of drug-likeness (QED) is 0.157. The molecule has 3 N–H and O–H groups in total. The number of fused-ring (bicyclic) bond motifs is 1. The van der Waals surface area contributed by atoms with E-state index in [2.05, 4.69) is 20.9 Å². The number of halogens is 2. The normalized spacial score (nSPS) is 14.9. The number of likely N-dealkylation sites (N-methyl/N-ethyl adjacent to an activating group) is 2.